The van der Waals surface area contributed by atoms with Crippen LogP contribution in [0.5, 0.6) is 0 Å². The summed E-state index contributed by atoms with van der Waals surface area (Å²) in [5.74, 6) is -0.490. The van der Waals surface area contributed by atoms with E-state index in [1.165, 1.54) is 0 Å². The maximum absolute atomic E-state index is 11.8. The van der Waals surface area contributed by atoms with Crippen molar-refractivity contribution in [2.75, 3.05) is 0 Å². The zero-order valence-corrected chi connectivity index (χ0v) is 9.51. The molecule has 0 saturated carbocycles. The Bertz CT molecular complexity index is 385. The highest BCUT2D eigenvalue weighted by atomic mass is 16.6. The first-order valence-electron chi connectivity index (χ1n) is 5.49. The van der Waals surface area contributed by atoms with Crippen LogP contribution < -0.4 is 0 Å². The molecule has 1 aliphatic heterocycles. The van der Waals surface area contributed by atoms with Gasteiger partial charge in [-0.2, -0.15) is 0 Å². The number of cyclic esters (lactones) is 1. The first-order chi connectivity index (χ1) is 7.53. The van der Waals surface area contributed by atoms with Crippen LogP contribution >= 0.6 is 0 Å². The maximum Gasteiger partial charge on any atom is 0.314 e. The van der Waals surface area contributed by atoms with Crippen molar-refractivity contribution < 1.29 is 14.6 Å². The van der Waals surface area contributed by atoms with Crippen LogP contribution in [-0.2, 0) is 9.53 Å². The second kappa shape index (κ2) is 3.91. The topological polar surface area (TPSA) is 46.5 Å². The molecule has 0 aliphatic carbocycles. The van der Waals surface area contributed by atoms with Gasteiger partial charge in [0, 0.05) is 6.42 Å². The normalized spacial score (nSPS) is 31.2. The van der Waals surface area contributed by atoms with Gasteiger partial charge in [0.15, 0.2) is 0 Å². The summed E-state index contributed by atoms with van der Waals surface area (Å²) in [6, 6.07) is 9.55. The van der Waals surface area contributed by atoms with E-state index in [2.05, 4.69) is 0 Å². The molecule has 1 heterocycles. The van der Waals surface area contributed by atoms with Crippen molar-refractivity contribution >= 4 is 5.97 Å². The van der Waals surface area contributed by atoms with Crippen molar-refractivity contribution in [2.45, 2.75) is 37.9 Å². The lowest BCUT2D eigenvalue weighted by atomic mass is 9.87. The summed E-state index contributed by atoms with van der Waals surface area (Å²) in [4.78, 5) is 11.8. The fourth-order valence-electron chi connectivity index (χ4n) is 2.03. The molecule has 3 heteroatoms. The molecule has 2 rings (SSSR count). The summed E-state index contributed by atoms with van der Waals surface area (Å²) in [7, 11) is 0. The zero-order chi connectivity index (χ0) is 11.8. The largest absolute Gasteiger partial charge is 0.456 e. The van der Waals surface area contributed by atoms with Gasteiger partial charge in [0.05, 0.1) is 12.0 Å². The first kappa shape index (κ1) is 11.1. The molecular formula is C13H16O3. The lowest BCUT2D eigenvalue weighted by Gasteiger charge is -2.25. The average Bonchev–Trinajstić information content (AvgIpc) is 2.57. The third kappa shape index (κ3) is 1.83. The molecule has 0 bridgehead atoms. The van der Waals surface area contributed by atoms with Gasteiger partial charge in [0.25, 0.3) is 0 Å². The number of benzene rings is 1. The summed E-state index contributed by atoms with van der Waals surface area (Å²) in [5.41, 5.74) is 0.203. The van der Waals surface area contributed by atoms with Gasteiger partial charge in [-0.25, -0.2) is 0 Å². The fraction of sp³-hybridized carbons (Fsp3) is 0.462. The second-order valence-corrected chi connectivity index (χ2v) is 4.58. The molecule has 0 spiro atoms. The number of hydrogen-bond donors (Lipinski definition) is 1. The third-order valence-electron chi connectivity index (χ3n) is 3.31. The van der Waals surface area contributed by atoms with Gasteiger partial charge in [-0.05, 0) is 19.4 Å². The van der Waals surface area contributed by atoms with Crippen molar-refractivity contribution in [3.05, 3.63) is 35.9 Å². The first-order valence-corrected chi connectivity index (χ1v) is 5.49. The summed E-state index contributed by atoms with van der Waals surface area (Å²) < 4.78 is 5.29. The minimum atomic E-state index is -0.752. The van der Waals surface area contributed by atoms with Gasteiger partial charge in [-0.1, -0.05) is 30.3 Å². The Balaban J connectivity index is 2.24. The highest BCUT2D eigenvalue weighted by Gasteiger charge is 2.46. The van der Waals surface area contributed by atoms with Crippen LogP contribution in [0.1, 0.15) is 31.7 Å². The molecule has 1 N–H and O–H groups in total. The number of rotatable bonds is 2. The molecule has 3 nitrogen and oxygen atoms in total. The minimum absolute atomic E-state index is 0.241. The lowest BCUT2D eigenvalue weighted by Crippen LogP contribution is -2.36. The predicted octanol–water partition coefficient (Wildman–Crippen LogP) is 1.86. The SMILES string of the molecule is CC(O)C1(C)CC(c2ccccc2)C(=O)O1. The van der Waals surface area contributed by atoms with Crippen LogP contribution in [0.4, 0.5) is 0 Å². The van der Waals surface area contributed by atoms with Crippen LogP contribution in [0.3, 0.4) is 0 Å². The highest BCUT2D eigenvalue weighted by molar-refractivity contribution is 5.81. The number of esters is 1. The van der Waals surface area contributed by atoms with Crippen molar-refractivity contribution in [2.24, 2.45) is 0 Å². The molecule has 1 fully saturated rings. The van der Waals surface area contributed by atoms with Crippen LogP contribution in [0.25, 0.3) is 0 Å². The number of aliphatic hydroxyl groups excluding tert-OH is 1. The van der Waals surface area contributed by atoms with Gasteiger partial charge in [-0.15, -0.1) is 0 Å². The number of aliphatic hydroxyl groups is 1. The van der Waals surface area contributed by atoms with E-state index in [4.69, 9.17) is 4.74 Å². The number of carbonyl (C=O) groups is 1. The molecule has 0 aromatic heterocycles. The summed E-state index contributed by atoms with van der Waals surface area (Å²) >= 11 is 0. The Kier molecular flexibility index (Phi) is 2.72. The number of carbonyl (C=O) groups excluding carboxylic acids is 1. The van der Waals surface area contributed by atoms with Gasteiger partial charge >= 0.3 is 5.97 Å². The standard InChI is InChI=1S/C13H16O3/c1-9(14)13(2)8-11(12(15)16-13)10-6-4-3-5-7-10/h3-7,9,11,14H,8H2,1-2H3. The van der Waals surface area contributed by atoms with Gasteiger partial charge in [0.1, 0.15) is 5.60 Å². The average molecular weight is 220 g/mol. The fourth-order valence-corrected chi connectivity index (χ4v) is 2.03. The second-order valence-electron chi connectivity index (χ2n) is 4.58. The number of ether oxygens (including phenoxy) is 1. The molecule has 3 unspecified atom stereocenters. The summed E-state index contributed by atoms with van der Waals surface area (Å²) in [6.45, 7) is 3.43. The van der Waals surface area contributed by atoms with Crippen molar-refractivity contribution in [1.82, 2.24) is 0 Å². The Morgan fingerprint density at radius 3 is 2.56 bits per heavy atom. The lowest BCUT2D eigenvalue weighted by molar-refractivity contribution is -0.155. The van der Waals surface area contributed by atoms with Crippen molar-refractivity contribution in [3.63, 3.8) is 0 Å². The summed E-state index contributed by atoms with van der Waals surface area (Å²) in [6.07, 6.45) is -0.113. The van der Waals surface area contributed by atoms with Crippen LogP contribution in [0.15, 0.2) is 30.3 Å². The molecule has 16 heavy (non-hydrogen) atoms. The van der Waals surface area contributed by atoms with Gasteiger partial charge < -0.3 is 9.84 Å². The maximum atomic E-state index is 11.8. The summed E-state index contributed by atoms with van der Waals surface area (Å²) in [5, 5.41) is 9.62. The van der Waals surface area contributed by atoms with E-state index in [1.54, 1.807) is 13.8 Å². The molecule has 0 amide bonds. The van der Waals surface area contributed by atoms with E-state index in [-0.39, 0.29) is 11.9 Å². The Morgan fingerprint density at radius 2 is 2.06 bits per heavy atom. The van der Waals surface area contributed by atoms with Gasteiger partial charge in [-0.3, -0.25) is 4.79 Å². The Morgan fingerprint density at radius 1 is 1.44 bits per heavy atom. The molecule has 86 valence electrons. The van der Waals surface area contributed by atoms with E-state index in [0.717, 1.165) is 5.56 Å². The van der Waals surface area contributed by atoms with Crippen molar-refractivity contribution in [3.8, 4) is 0 Å². The molecule has 3 atom stereocenters. The Hall–Kier alpha value is -1.35. The smallest absolute Gasteiger partial charge is 0.314 e. The molecule has 0 radical (unpaired) electrons. The minimum Gasteiger partial charge on any atom is -0.456 e. The quantitative estimate of drug-likeness (QED) is 0.774. The van der Waals surface area contributed by atoms with Crippen LogP contribution in [-0.4, -0.2) is 22.8 Å². The van der Waals surface area contributed by atoms with E-state index in [0.29, 0.717) is 6.42 Å². The van der Waals surface area contributed by atoms with E-state index < -0.39 is 11.7 Å². The third-order valence-corrected chi connectivity index (χ3v) is 3.31. The van der Waals surface area contributed by atoms with E-state index >= 15 is 0 Å². The van der Waals surface area contributed by atoms with Gasteiger partial charge in [0.2, 0.25) is 0 Å². The molecule has 1 aromatic carbocycles. The predicted molar refractivity (Wildman–Crippen MR) is 60.0 cm³/mol. The highest BCUT2D eigenvalue weighted by Crippen LogP contribution is 2.39. The zero-order valence-electron chi connectivity index (χ0n) is 9.51. The monoisotopic (exact) mass is 220 g/mol. The molecule has 1 saturated heterocycles. The number of hydrogen-bond acceptors (Lipinski definition) is 3. The Labute approximate surface area is 95.0 Å². The molecule has 1 aromatic rings. The molecule has 1 aliphatic rings. The van der Waals surface area contributed by atoms with Crippen molar-refractivity contribution in [1.29, 1.82) is 0 Å². The molecular weight excluding hydrogens is 204 g/mol. The van der Waals surface area contributed by atoms with Crippen LogP contribution in [0.2, 0.25) is 0 Å². The van der Waals surface area contributed by atoms with Crippen LogP contribution in [0, 0.1) is 0 Å². The van der Waals surface area contributed by atoms with E-state index in [1.807, 2.05) is 30.3 Å². The van der Waals surface area contributed by atoms with E-state index in [9.17, 15) is 9.90 Å².